The Morgan fingerprint density at radius 1 is 1.40 bits per heavy atom. The highest BCUT2D eigenvalue weighted by Crippen LogP contribution is 2.19. The topological polar surface area (TPSA) is 72.9 Å². The number of aliphatic carboxylic acids is 1. The molecule has 1 atom stereocenters. The SMILES string of the molecule is Cc1ccc(NC(=O)C(C)N2CCC(N(C)CC(=O)O)CC2)c(F)c1. The number of amides is 1. The van der Waals surface area contributed by atoms with Crippen LogP contribution in [0.25, 0.3) is 0 Å². The van der Waals surface area contributed by atoms with Crippen molar-refractivity contribution in [2.45, 2.75) is 38.8 Å². The Bertz CT molecular complexity index is 630. The normalized spacial score (nSPS) is 17.5. The minimum absolute atomic E-state index is 0.0212. The van der Waals surface area contributed by atoms with E-state index in [1.54, 1.807) is 19.1 Å². The molecule has 1 aliphatic rings. The zero-order chi connectivity index (χ0) is 18.6. The Kier molecular flexibility index (Phi) is 6.50. The molecule has 7 heteroatoms. The number of likely N-dealkylation sites (N-methyl/N-ethyl adjacent to an activating group) is 1. The first-order valence-corrected chi connectivity index (χ1v) is 8.51. The molecule has 0 aliphatic carbocycles. The van der Waals surface area contributed by atoms with Crippen molar-refractivity contribution in [1.29, 1.82) is 0 Å². The summed E-state index contributed by atoms with van der Waals surface area (Å²) in [6, 6.07) is 4.56. The van der Waals surface area contributed by atoms with Crippen molar-refractivity contribution in [3.8, 4) is 0 Å². The van der Waals surface area contributed by atoms with Crippen molar-refractivity contribution in [2.24, 2.45) is 0 Å². The summed E-state index contributed by atoms with van der Waals surface area (Å²) < 4.78 is 13.9. The third-order valence-corrected chi connectivity index (χ3v) is 4.82. The van der Waals surface area contributed by atoms with E-state index in [9.17, 15) is 14.0 Å². The summed E-state index contributed by atoms with van der Waals surface area (Å²) in [5, 5.41) is 11.5. The number of nitrogens with one attached hydrogen (secondary N) is 1. The third kappa shape index (κ3) is 5.24. The Morgan fingerprint density at radius 2 is 2.04 bits per heavy atom. The molecule has 1 saturated heterocycles. The van der Waals surface area contributed by atoms with Gasteiger partial charge in [-0.15, -0.1) is 0 Å². The van der Waals surface area contributed by atoms with Gasteiger partial charge < -0.3 is 10.4 Å². The van der Waals surface area contributed by atoms with Gasteiger partial charge in [-0.3, -0.25) is 19.4 Å². The molecule has 25 heavy (non-hydrogen) atoms. The largest absolute Gasteiger partial charge is 0.480 e. The van der Waals surface area contributed by atoms with E-state index in [0.29, 0.717) is 13.1 Å². The molecule has 1 aromatic carbocycles. The fraction of sp³-hybridized carbons (Fsp3) is 0.556. The highest BCUT2D eigenvalue weighted by atomic mass is 19.1. The zero-order valence-electron chi connectivity index (χ0n) is 15.0. The molecule has 0 bridgehead atoms. The van der Waals surface area contributed by atoms with Crippen LogP contribution in [-0.4, -0.2) is 65.5 Å². The second kappa shape index (κ2) is 8.40. The maximum Gasteiger partial charge on any atom is 0.317 e. The predicted octanol–water partition coefficient (Wildman–Crippen LogP) is 1.94. The van der Waals surface area contributed by atoms with Gasteiger partial charge in [0.2, 0.25) is 5.91 Å². The van der Waals surface area contributed by atoms with Crippen molar-refractivity contribution in [2.75, 3.05) is 32.0 Å². The molecule has 1 amide bonds. The number of anilines is 1. The molecule has 1 unspecified atom stereocenters. The standard InChI is InChI=1S/C18H26FN3O3/c1-12-4-5-16(15(19)10-12)20-18(25)13(2)22-8-6-14(7-9-22)21(3)11-17(23)24/h4-5,10,13-14H,6-9,11H2,1-3H3,(H,20,25)(H,23,24). The van der Waals surface area contributed by atoms with E-state index in [0.717, 1.165) is 18.4 Å². The first-order valence-electron chi connectivity index (χ1n) is 8.51. The lowest BCUT2D eigenvalue weighted by Gasteiger charge is -2.38. The number of halogens is 1. The number of likely N-dealkylation sites (tertiary alicyclic amines) is 1. The first kappa shape index (κ1) is 19.3. The van der Waals surface area contributed by atoms with Crippen molar-refractivity contribution in [1.82, 2.24) is 9.80 Å². The average Bonchev–Trinajstić information content (AvgIpc) is 2.56. The lowest BCUT2D eigenvalue weighted by Crippen LogP contribution is -2.50. The highest BCUT2D eigenvalue weighted by Gasteiger charge is 2.29. The number of hydrogen-bond acceptors (Lipinski definition) is 4. The molecule has 0 radical (unpaired) electrons. The van der Waals surface area contributed by atoms with Crippen LogP contribution in [0.2, 0.25) is 0 Å². The number of nitrogens with zero attached hydrogens (tertiary/aromatic N) is 2. The van der Waals surface area contributed by atoms with E-state index in [2.05, 4.69) is 5.32 Å². The Balaban J connectivity index is 1.88. The van der Waals surface area contributed by atoms with Crippen LogP contribution in [0, 0.1) is 12.7 Å². The fourth-order valence-corrected chi connectivity index (χ4v) is 3.18. The van der Waals surface area contributed by atoms with E-state index in [-0.39, 0.29) is 30.2 Å². The Morgan fingerprint density at radius 3 is 2.60 bits per heavy atom. The van der Waals surface area contributed by atoms with Crippen LogP contribution in [0.1, 0.15) is 25.3 Å². The van der Waals surface area contributed by atoms with Crippen LogP contribution in [0.3, 0.4) is 0 Å². The minimum atomic E-state index is -0.835. The molecule has 1 aliphatic heterocycles. The van der Waals surface area contributed by atoms with Crippen molar-refractivity contribution in [3.63, 3.8) is 0 Å². The highest BCUT2D eigenvalue weighted by molar-refractivity contribution is 5.94. The number of carbonyl (C=O) groups excluding carboxylic acids is 1. The van der Waals surface area contributed by atoms with Gasteiger partial charge in [-0.2, -0.15) is 0 Å². The fourth-order valence-electron chi connectivity index (χ4n) is 3.18. The number of piperidine rings is 1. The molecule has 2 N–H and O–H groups in total. The summed E-state index contributed by atoms with van der Waals surface area (Å²) >= 11 is 0. The third-order valence-electron chi connectivity index (χ3n) is 4.82. The summed E-state index contributed by atoms with van der Waals surface area (Å²) in [6.45, 7) is 5.04. The molecule has 1 fully saturated rings. The lowest BCUT2D eigenvalue weighted by atomic mass is 10.0. The van der Waals surface area contributed by atoms with Crippen LogP contribution >= 0.6 is 0 Å². The maximum absolute atomic E-state index is 13.9. The van der Waals surface area contributed by atoms with Gasteiger partial charge >= 0.3 is 5.97 Å². The van der Waals surface area contributed by atoms with Gasteiger partial charge in [0.1, 0.15) is 5.82 Å². The van der Waals surface area contributed by atoms with Gasteiger partial charge in [0.25, 0.3) is 0 Å². The molecule has 0 spiro atoms. The lowest BCUT2D eigenvalue weighted by molar-refractivity contribution is -0.138. The van der Waals surface area contributed by atoms with Crippen LogP contribution < -0.4 is 5.32 Å². The van der Waals surface area contributed by atoms with E-state index in [4.69, 9.17) is 5.11 Å². The van der Waals surface area contributed by atoms with Crippen molar-refractivity contribution >= 4 is 17.6 Å². The molecule has 2 rings (SSSR count). The number of hydrogen-bond donors (Lipinski definition) is 2. The predicted molar refractivity (Wildman–Crippen MR) is 94.1 cm³/mol. The van der Waals surface area contributed by atoms with Gasteiger partial charge in [0.05, 0.1) is 18.3 Å². The van der Waals surface area contributed by atoms with E-state index < -0.39 is 11.8 Å². The number of benzene rings is 1. The van der Waals surface area contributed by atoms with Gasteiger partial charge in [0, 0.05) is 19.1 Å². The van der Waals surface area contributed by atoms with Gasteiger partial charge in [-0.05, 0) is 51.4 Å². The second-order valence-corrected chi connectivity index (χ2v) is 6.72. The first-order chi connectivity index (χ1) is 11.8. The van der Waals surface area contributed by atoms with E-state index in [1.807, 2.05) is 23.8 Å². The molecule has 0 aromatic heterocycles. The number of carboxylic acid groups (broad SMARTS) is 1. The van der Waals surface area contributed by atoms with E-state index in [1.165, 1.54) is 6.07 Å². The van der Waals surface area contributed by atoms with Crippen LogP contribution in [-0.2, 0) is 9.59 Å². The summed E-state index contributed by atoms with van der Waals surface area (Å²) in [7, 11) is 1.81. The summed E-state index contributed by atoms with van der Waals surface area (Å²) in [6.07, 6.45) is 1.61. The van der Waals surface area contributed by atoms with Crippen LogP contribution in [0.5, 0.6) is 0 Å². The Labute approximate surface area is 147 Å². The summed E-state index contributed by atoms with van der Waals surface area (Å²) in [5.41, 5.74) is 0.995. The molecule has 138 valence electrons. The van der Waals surface area contributed by atoms with Crippen molar-refractivity contribution in [3.05, 3.63) is 29.6 Å². The van der Waals surface area contributed by atoms with Gasteiger partial charge in [-0.1, -0.05) is 6.07 Å². The van der Waals surface area contributed by atoms with Crippen molar-refractivity contribution < 1.29 is 19.1 Å². The maximum atomic E-state index is 13.9. The molecular formula is C18H26FN3O3. The molecule has 1 aromatic rings. The summed E-state index contributed by atoms with van der Waals surface area (Å²) in [5.74, 6) is -1.51. The zero-order valence-corrected chi connectivity index (χ0v) is 15.0. The second-order valence-electron chi connectivity index (χ2n) is 6.72. The quantitative estimate of drug-likeness (QED) is 0.819. The average molecular weight is 351 g/mol. The molecule has 6 nitrogen and oxygen atoms in total. The molecular weight excluding hydrogens is 325 g/mol. The number of aryl methyl sites for hydroxylation is 1. The van der Waals surface area contributed by atoms with E-state index >= 15 is 0 Å². The monoisotopic (exact) mass is 351 g/mol. The molecule has 0 saturated carbocycles. The number of carboxylic acids is 1. The Hall–Kier alpha value is -1.99. The number of rotatable bonds is 6. The van der Waals surface area contributed by atoms with Crippen LogP contribution in [0.4, 0.5) is 10.1 Å². The number of carbonyl (C=O) groups is 2. The van der Waals surface area contributed by atoms with Gasteiger partial charge in [0.15, 0.2) is 0 Å². The summed E-state index contributed by atoms with van der Waals surface area (Å²) in [4.78, 5) is 27.1. The molecule has 1 heterocycles. The van der Waals surface area contributed by atoms with Gasteiger partial charge in [-0.25, -0.2) is 4.39 Å². The van der Waals surface area contributed by atoms with Crippen LogP contribution in [0.15, 0.2) is 18.2 Å². The minimum Gasteiger partial charge on any atom is -0.480 e. The smallest absolute Gasteiger partial charge is 0.317 e.